The summed E-state index contributed by atoms with van der Waals surface area (Å²) in [7, 11) is 0. The Balaban J connectivity index is 2.44. The molecule has 0 amide bonds. The monoisotopic (exact) mass is 243 g/mol. The van der Waals surface area contributed by atoms with E-state index < -0.39 is 5.41 Å². The summed E-state index contributed by atoms with van der Waals surface area (Å²) in [4.78, 5) is 12.5. The fraction of sp³-hybridized carbons (Fsp3) is 0.357. The molecule has 4 heteroatoms. The first kappa shape index (κ1) is 12.5. The van der Waals surface area contributed by atoms with Gasteiger partial charge >= 0.3 is 0 Å². The Kier molecular flexibility index (Phi) is 3.28. The number of carbonyl (C=O) groups excluding carboxylic acids is 1. The highest BCUT2D eigenvalue weighted by atomic mass is 16.1. The minimum absolute atomic E-state index is 0.0684. The zero-order chi connectivity index (χ0) is 13.2. The molecule has 2 rings (SSSR count). The van der Waals surface area contributed by atoms with Crippen molar-refractivity contribution in [2.45, 2.75) is 27.2 Å². The molecule has 0 unspecified atom stereocenters. The van der Waals surface area contributed by atoms with Gasteiger partial charge in [-0.2, -0.15) is 0 Å². The van der Waals surface area contributed by atoms with E-state index in [9.17, 15) is 4.79 Å². The Morgan fingerprint density at radius 1 is 1.28 bits per heavy atom. The van der Waals surface area contributed by atoms with Crippen molar-refractivity contribution in [1.29, 1.82) is 0 Å². The molecule has 0 spiro atoms. The minimum atomic E-state index is -0.395. The quantitative estimate of drug-likeness (QED) is 0.776. The van der Waals surface area contributed by atoms with E-state index in [4.69, 9.17) is 0 Å². The van der Waals surface area contributed by atoms with Crippen LogP contribution in [0.4, 0.5) is 0 Å². The van der Waals surface area contributed by atoms with Gasteiger partial charge in [-0.1, -0.05) is 44.2 Å². The molecule has 0 bridgehead atoms. The van der Waals surface area contributed by atoms with E-state index in [1.54, 1.807) is 4.68 Å². The van der Waals surface area contributed by atoms with E-state index in [-0.39, 0.29) is 5.78 Å². The summed E-state index contributed by atoms with van der Waals surface area (Å²) in [6.45, 7) is 5.89. The number of carbonyl (C=O) groups is 1. The highest BCUT2D eigenvalue weighted by Gasteiger charge is 2.29. The summed E-state index contributed by atoms with van der Waals surface area (Å²) in [5, 5.41) is 7.86. The largest absolute Gasteiger partial charge is 0.292 e. The Morgan fingerprint density at radius 3 is 2.56 bits per heavy atom. The average Bonchev–Trinajstić information content (AvgIpc) is 2.87. The third kappa shape index (κ3) is 2.18. The number of rotatable bonds is 4. The van der Waals surface area contributed by atoms with Gasteiger partial charge in [-0.25, -0.2) is 4.68 Å². The number of hydrogen-bond donors (Lipinski definition) is 0. The highest BCUT2D eigenvalue weighted by molar-refractivity contribution is 5.98. The second kappa shape index (κ2) is 4.72. The van der Waals surface area contributed by atoms with E-state index in [2.05, 4.69) is 10.3 Å². The number of Topliss-reactive ketones (excluding diaryl/α,β-unsaturated/α-hetero) is 1. The lowest BCUT2D eigenvalue weighted by molar-refractivity contribution is 0.0824. The zero-order valence-corrected chi connectivity index (χ0v) is 10.9. The van der Waals surface area contributed by atoms with Gasteiger partial charge in [0.15, 0.2) is 5.78 Å². The number of nitrogens with zero attached hydrogens (tertiary/aromatic N) is 3. The van der Waals surface area contributed by atoms with Gasteiger partial charge in [0.1, 0.15) is 5.69 Å². The number of para-hydroxylation sites is 1. The molecule has 0 fully saturated rings. The molecule has 0 atom stereocenters. The fourth-order valence-electron chi connectivity index (χ4n) is 1.66. The van der Waals surface area contributed by atoms with Crippen molar-refractivity contribution in [2.24, 2.45) is 5.41 Å². The minimum Gasteiger partial charge on any atom is -0.292 e. The number of aromatic nitrogens is 3. The van der Waals surface area contributed by atoms with Crippen molar-refractivity contribution < 1.29 is 4.79 Å². The van der Waals surface area contributed by atoms with Gasteiger partial charge in [0.05, 0.1) is 11.9 Å². The summed E-state index contributed by atoms with van der Waals surface area (Å²) in [6.07, 6.45) is 2.32. The molecule has 0 aliphatic rings. The first-order chi connectivity index (χ1) is 8.56. The van der Waals surface area contributed by atoms with Crippen molar-refractivity contribution in [2.75, 3.05) is 0 Å². The lowest BCUT2D eigenvalue weighted by atomic mass is 9.84. The average molecular weight is 243 g/mol. The molecule has 0 radical (unpaired) electrons. The summed E-state index contributed by atoms with van der Waals surface area (Å²) >= 11 is 0. The van der Waals surface area contributed by atoms with Crippen molar-refractivity contribution >= 4 is 5.78 Å². The van der Waals surface area contributed by atoms with Crippen LogP contribution in [-0.4, -0.2) is 20.8 Å². The Hall–Kier alpha value is -1.97. The first-order valence-corrected chi connectivity index (χ1v) is 6.07. The van der Waals surface area contributed by atoms with Crippen LogP contribution in [0.3, 0.4) is 0 Å². The smallest absolute Gasteiger partial charge is 0.188 e. The Labute approximate surface area is 107 Å². The molecule has 0 aliphatic heterocycles. The molecule has 4 nitrogen and oxygen atoms in total. The van der Waals surface area contributed by atoms with Crippen LogP contribution < -0.4 is 0 Å². The molecule has 0 N–H and O–H groups in total. The van der Waals surface area contributed by atoms with Crippen molar-refractivity contribution in [3.8, 4) is 5.69 Å². The van der Waals surface area contributed by atoms with Crippen molar-refractivity contribution in [3.63, 3.8) is 0 Å². The van der Waals surface area contributed by atoms with Crippen LogP contribution in [0.15, 0.2) is 36.5 Å². The Morgan fingerprint density at radius 2 is 1.94 bits per heavy atom. The number of hydrogen-bond acceptors (Lipinski definition) is 3. The van der Waals surface area contributed by atoms with Crippen molar-refractivity contribution in [3.05, 3.63) is 42.2 Å². The summed E-state index contributed by atoms with van der Waals surface area (Å²) in [5.41, 5.74) is 0.993. The normalized spacial score (nSPS) is 11.5. The molecule has 0 saturated carbocycles. The Bertz CT molecular complexity index is 543. The molecule has 0 aliphatic carbocycles. The molecule has 0 saturated heterocycles. The highest BCUT2D eigenvalue weighted by Crippen LogP contribution is 2.25. The lowest BCUT2D eigenvalue weighted by Gasteiger charge is -2.20. The van der Waals surface area contributed by atoms with Crippen LogP contribution >= 0.6 is 0 Å². The van der Waals surface area contributed by atoms with Crippen LogP contribution in [0.2, 0.25) is 0 Å². The van der Waals surface area contributed by atoms with Crippen LogP contribution in [-0.2, 0) is 0 Å². The van der Waals surface area contributed by atoms with Gasteiger partial charge in [-0.15, -0.1) is 5.10 Å². The number of benzene rings is 1. The van der Waals surface area contributed by atoms with Crippen LogP contribution in [0.1, 0.15) is 37.7 Å². The van der Waals surface area contributed by atoms with Gasteiger partial charge in [0.2, 0.25) is 0 Å². The van der Waals surface area contributed by atoms with E-state index in [1.807, 2.05) is 51.1 Å². The topological polar surface area (TPSA) is 47.8 Å². The summed E-state index contributed by atoms with van der Waals surface area (Å²) < 4.78 is 1.60. The third-order valence-electron chi connectivity index (χ3n) is 3.28. The molecule has 1 aromatic heterocycles. The molecule has 18 heavy (non-hydrogen) atoms. The molecule has 1 aromatic carbocycles. The van der Waals surface area contributed by atoms with Gasteiger partial charge in [-0.05, 0) is 18.6 Å². The predicted molar refractivity (Wildman–Crippen MR) is 69.8 cm³/mol. The van der Waals surface area contributed by atoms with Gasteiger partial charge in [-0.3, -0.25) is 4.79 Å². The first-order valence-electron chi connectivity index (χ1n) is 6.07. The number of ketones is 1. The van der Waals surface area contributed by atoms with Crippen LogP contribution in [0.5, 0.6) is 0 Å². The second-order valence-corrected chi connectivity index (χ2v) is 4.93. The molecular formula is C14H17N3O. The van der Waals surface area contributed by atoms with Crippen LogP contribution in [0.25, 0.3) is 5.69 Å². The predicted octanol–water partition coefficient (Wildman–Crippen LogP) is 2.89. The maximum atomic E-state index is 12.5. The third-order valence-corrected chi connectivity index (χ3v) is 3.28. The van der Waals surface area contributed by atoms with E-state index in [1.165, 1.54) is 6.20 Å². The SMILES string of the molecule is CCC(C)(C)C(=O)c1cnnn1-c1ccccc1. The fourth-order valence-corrected chi connectivity index (χ4v) is 1.66. The van der Waals surface area contributed by atoms with Gasteiger partial charge < -0.3 is 0 Å². The van der Waals surface area contributed by atoms with Gasteiger partial charge in [0, 0.05) is 5.41 Å². The maximum Gasteiger partial charge on any atom is 0.188 e. The lowest BCUT2D eigenvalue weighted by Crippen LogP contribution is -2.25. The molecule has 94 valence electrons. The van der Waals surface area contributed by atoms with E-state index in [0.29, 0.717) is 5.69 Å². The van der Waals surface area contributed by atoms with E-state index >= 15 is 0 Å². The van der Waals surface area contributed by atoms with Gasteiger partial charge in [0.25, 0.3) is 0 Å². The van der Waals surface area contributed by atoms with Crippen molar-refractivity contribution in [1.82, 2.24) is 15.0 Å². The van der Waals surface area contributed by atoms with E-state index in [0.717, 1.165) is 12.1 Å². The second-order valence-electron chi connectivity index (χ2n) is 4.93. The van der Waals surface area contributed by atoms with Crippen LogP contribution in [0, 0.1) is 5.41 Å². The molecular weight excluding hydrogens is 226 g/mol. The standard InChI is InChI=1S/C14H17N3O/c1-4-14(2,3)13(18)12-10-15-16-17(12)11-8-6-5-7-9-11/h5-10H,4H2,1-3H3. The summed E-state index contributed by atoms with van der Waals surface area (Å²) in [6, 6.07) is 9.57. The maximum absolute atomic E-state index is 12.5. The molecule has 1 heterocycles. The summed E-state index contributed by atoms with van der Waals surface area (Å²) in [5.74, 6) is 0.0684. The zero-order valence-electron chi connectivity index (χ0n) is 10.9. The molecule has 2 aromatic rings.